The summed E-state index contributed by atoms with van der Waals surface area (Å²) in [6.07, 6.45) is 1.61. The Morgan fingerprint density at radius 1 is 1.35 bits per heavy atom. The molecular weight excluding hydrogens is 345 g/mol. The van der Waals surface area contributed by atoms with Gasteiger partial charge in [0.05, 0.1) is 16.4 Å². The van der Waals surface area contributed by atoms with Crippen LogP contribution in [0.1, 0.15) is 5.69 Å². The molecule has 0 atom stereocenters. The van der Waals surface area contributed by atoms with Crippen molar-refractivity contribution >= 4 is 27.3 Å². The Kier molecular flexibility index (Phi) is 3.84. The first-order chi connectivity index (χ1) is 9.72. The number of aromatic nitrogens is 1. The van der Waals surface area contributed by atoms with Gasteiger partial charge in [0.1, 0.15) is 18.2 Å². The molecule has 0 aliphatic rings. The number of ether oxygens (including phenoxy) is 1. The second-order valence-electron chi connectivity index (χ2n) is 3.98. The molecule has 6 heteroatoms. The second kappa shape index (κ2) is 5.76. The molecule has 2 aromatic heterocycles. The van der Waals surface area contributed by atoms with Crippen LogP contribution in [0.15, 0.2) is 50.9 Å². The Morgan fingerprint density at radius 3 is 3.00 bits per heavy atom. The van der Waals surface area contributed by atoms with Crippen molar-refractivity contribution in [1.82, 2.24) is 4.98 Å². The number of thiazole rings is 1. The molecule has 0 fully saturated rings. The largest absolute Gasteiger partial charge is 0.486 e. The Hall–Kier alpha value is -1.66. The lowest BCUT2D eigenvalue weighted by Crippen LogP contribution is -1.96. The molecule has 0 bridgehead atoms. The monoisotopic (exact) mass is 353 g/mol. The molecule has 3 rings (SSSR count). The highest BCUT2D eigenvalue weighted by atomic mass is 79.9. The fraction of sp³-hybridized carbons (Fsp3) is 0.0714. The Labute approximate surface area is 127 Å². The van der Waals surface area contributed by atoms with Gasteiger partial charge in [0, 0.05) is 5.38 Å². The van der Waals surface area contributed by atoms with Crippen LogP contribution in [-0.2, 0) is 6.61 Å². The zero-order chi connectivity index (χ0) is 13.9. The first-order valence-corrected chi connectivity index (χ1v) is 7.46. The summed E-state index contributed by atoms with van der Waals surface area (Å²) in [6, 6.07) is 7.99. The summed E-state index contributed by atoms with van der Waals surface area (Å²) in [5.41, 5.74) is 0.803. The summed E-state index contributed by atoms with van der Waals surface area (Å²) in [5.74, 6) is 1.01. The molecule has 102 valence electrons. The minimum absolute atomic E-state index is 0.307. The molecule has 0 saturated carbocycles. The van der Waals surface area contributed by atoms with Crippen molar-refractivity contribution in [2.24, 2.45) is 0 Å². The van der Waals surface area contributed by atoms with Crippen molar-refractivity contribution in [2.45, 2.75) is 6.61 Å². The molecule has 0 radical (unpaired) electrons. The summed E-state index contributed by atoms with van der Waals surface area (Å²) in [4.78, 5) is 4.43. The maximum Gasteiger partial charge on any atom is 0.162 e. The molecule has 0 amide bonds. The average Bonchev–Trinajstić information content (AvgIpc) is 3.08. The topological polar surface area (TPSA) is 35.3 Å². The molecule has 0 saturated heterocycles. The molecule has 0 aliphatic carbocycles. The lowest BCUT2D eigenvalue weighted by molar-refractivity contribution is 0.299. The van der Waals surface area contributed by atoms with Gasteiger partial charge < -0.3 is 9.15 Å². The van der Waals surface area contributed by atoms with Crippen LogP contribution in [-0.4, -0.2) is 4.98 Å². The van der Waals surface area contributed by atoms with Crippen molar-refractivity contribution in [3.63, 3.8) is 0 Å². The standard InChI is InChI=1S/C14H9BrFNO2S/c15-11-6-9(16)3-4-12(11)19-7-10-8-20-14(17-10)13-2-1-5-18-13/h1-6,8H,7H2. The first kappa shape index (κ1) is 13.3. The number of nitrogens with zero attached hydrogens (tertiary/aromatic N) is 1. The number of rotatable bonds is 4. The molecule has 0 unspecified atom stereocenters. The highest BCUT2D eigenvalue weighted by Crippen LogP contribution is 2.28. The van der Waals surface area contributed by atoms with Gasteiger partial charge in [-0.2, -0.15) is 0 Å². The summed E-state index contributed by atoms with van der Waals surface area (Å²) >= 11 is 4.75. The van der Waals surface area contributed by atoms with Gasteiger partial charge in [-0.05, 0) is 46.3 Å². The molecular formula is C14H9BrFNO2S. The molecule has 0 N–H and O–H groups in total. The zero-order valence-corrected chi connectivity index (χ0v) is 12.6. The predicted molar refractivity (Wildman–Crippen MR) is 78.2 cm³/mol. The van der Waals surface area contributed by atoms with Gasteiger partial charge in [-0.15, -0.1) is 11.3 Å². The summed E-state index contributed by atoms with van der Waals surface area (Å²) in [7, 11) is 0. The van der Waals surface area contributed by atoms with E-state index in [9.17, 15) is 4.39 Å². The maximum absolute atomic E-state index is 13.0. The van der Waals surface area contributed by atoms with E-state index in [1.807, 2.05) is 17.5 Å². The molecule has 1 aromatic carbocycles. The molecule has 3 nitrogen and oxygen atoms in total. The van der Waals surface area contributed by atoms with E-state index in [-0.39, 0.29) is 5.82 Å². The van der Waals surface area contributed by atoms with Crippen LogP contribution in [0.4, 0.5) is 4.39 Å². The van der Waals surface area contributed by atoms with Gasteiger partial charge in [-0.1, -0.05) is 0 Å². The SMILES string of the molecule is Fc1ccc(OCc2csc(-c3ccco3)n2)c(Br)c1. The van der Waals surface area contributed by atoms with Crippen LogP contribution in [0, 0.1) is 5.82 Å². The molecule has 0 spiro atoms. The van der Waals surface area contributed by atoms with Crippen LogP contribution in [0.3, 0.4) is 0 Å². The molecule has 20 heavy (non-hydrogen) atoms. The third-order valence-electron chi connectivity index (χ3n) is 2.55. The van der Waals surface area contributed by atoms with Crippen molar-refractivity contribution in [3.05, 3.63) is 58.0 Å². The smallest absolute Gasteiger partial charge is 0.162 e. The van der Waals surface area contributed by atoms with E-state index in [0.717, 1.165) is 16.5 Å². The van der Waals surface area contributed by atoms with E-state index in [4.69, 9.17) is 9.15 Å². The third-order valence-corrected chi connectivity index (χ3v) is 4.08. The van der Waals surface area contributed by atoms with E-state index < -0.39 is 0 Å². The number of hydrogen-bond donors (Lipinski definition) is 0. The highest BCUT2D eigenvalue weighted by molar-refractivity contribution is 9.10. The van der Waals surface area contributed by atoms with E-state index in [2.05, 4.69) is 20.9 Å². The number of hydrogen-bond acceptors (Lipinski definition) is 4. The van der Waals surface area contributed by atoms with Crippen LogP contribution >= 0.6 is 27.3 Å². The van der Waals surface area contributed by atoms with Crippen molar-refractivity contribution in [1.29, 1.82) is 0 Å². The van der Waals surface area contributed by atoms with Gasteiger partial charge in [-0.25, -0.2) is 9.37 Å². The second-order valence-corrected chi connectivity index (χ2v) is 5.70. The van der Waals surface area contributed by atoms with Crippen molar-refractivity contribution in [2.75, 3.05) is 0 Å². The molecule has 0 aliphatic heterocycles. The van der Waals surface area contributed by atoms with Crippen LogP contribution in [0.5, 0.6) is 5.75 Å². The van der Waals surface area contributed by atoms with E-state index in [1.165, 1.54) is 23.5 Å². The maximum atomic E-state index is 13.0. The number of furan rings is 1. The Morgan fingerprint density at radius 2 is 2.25 bits per heavy atom. The normalized spacial score (nSPS) is 10.7. The fourth-order valence-electron chi connectivity index (χ4n) is 1.63. The predicted octanol–water partition coefficient (Wildman–Crippen LogP) is 4.88. The number of benzene rings is 1. The van der Waals surface area contributed by atoms with Gasteiger partial charge in [0.2, 0.25) is 0 Å². The average molecular weight is 354 g/mol. The Bertz CT molecular complexity index is 712. The number of halogens is 2. The van der Waals surface area contributed by atoms with Gasteiger partial charge in [0.15, 0.2) is 10.8 Å². The van der Waals surface area contributed by atoms with E-state index >= 15 is 0 Å². The summed E-state index contributed by atoms with van der Waals surface area (Å²) in [5, 5.41) is 2.72. The summed E-state index contributed by atoms with van der Waals surface area (Å²) in [6.45, 7) is 0.321. The van der Waals surface area contributed by atoms with E-state index in [1.54, 1.807) is 12.3 Å². The third kappa shape index (κ3) is 2.91. The first-order valence-electron chi connectivity index (χ1n) is 5.78. The molecule has 2 heterocycles. The van der Waals surface area contributed by atoms with Gasteiger partial charge in [0.25, 0.3) is 0 Å². The van der Waals surface area contributed by atoms with Crippen molar-refractivity contribution < 1.29 is 13.5 Å². The van der Waals surface area contributed by atoms with Crippen molar-refractivity contribution in [3.8, 4) is 16.5 Å². The summed E-state index contributed by atoms with van der Waals surface area (Å²) < 4.78 is 24.4. The van der Waals surface area contributed by atoms with Crippen LogP contribution in [0.2, 0.25) is 0 Å². The quantitative estimate of drug-likeness (QED) is 0.670. The van der Waals surface area contributed by atoms with Crippen LogP contribution < -0.4 is 4.74 Å². The highest BCUT2D eigenvalue weighted by Gasteiger charge is 2.08. The van der Waals surface area contributed by atoms with Crippen LogP contribution in [0.25, 0.3) is 10.8 Å². The fourth-order valence-corrected chi connectivity index (χ4v) is 2.87. The minimum Gasteiger partial charge on any atom is -0.486 e. The Balaban J connectivity index is 1.70. The lowest BCUT2D eigenvalue weighted by atomic mass is 10.3. The van der Waals surface area contributed by atoms with E-state index in [0.29, 0.717) is 16.8 Å². The van der Waals surface area contributed by atoms with Gasteiger partial charge in [-0.3, -0.25) is 0 Å². The zero-order valence-electron chi connectivity index (χ0n) is 10.2. The van der Waals surface area contributed by atoms with Gasteiger partial charge >= 0.3 is 0 Å². The lowest BCUT2D eigenvalue weighted by Gasteiger charge is -2.06. The minimum atomic E-state index is -0.307. The molecule has 3 aromatic rings.